The van der Waals surface area contributed by atoms with Crippen molar-refractivity contribution < 1.29 is 9.53 Å². The smallest absolute Gasteiger partial charge is 0.331 e. The molecule has 0 unspecified atom stereocenters. The number of hydrogen-bond acceptors (Lipinski definition) is 2. The van der Waals surface area contributed by atoms with Crippen molar-refractivity contribution in [1.82, 2.24) is 0 Å². The second kappa shape index (κ2) is 6.11. The minimum atomic E-state index is -0.393. The third-order valence-corrected chi connectivity index (χ3v) is 4.37. The first kappa shape index (κ1) is 16.3. The molecule has 1 fully saturated rings. The summed E-state index contributed by atoms with van der Waals surface area (Å²) < 4.78 is 5.34. The highest BCUT2D eigenvalue weighted by Crippen LogP contribution is 2.41. The molecule has 0 atom stereocenters. The van der Waals surface area contributed by atoms with Crippen LogP contribution in [-0.2, 0) is 9.53 Å². The van der Waals surface area contributed by atoms with Crippen LogP contribution in [0.1, 0.15) is 73.6 Å². The van der Waals surface area contributed by atoms with Crippen LogP contribution < -0.4 is 0 Å². The van der Waals surface area contributed by atoms with Crippen LogP contribution >= 0.6 is 0 Å². The minimum absolute atomic E-state index is 0.185. The molecule has 0 aliphatic heterocycles. The highest BCUT2D eigenvalue weighted by atomic mass is 16.6. The van der Waals surface area contributed by atoms with Gasteiger partial charge in [0, 0.05) is 6.08 Å². The predicted octanol–water partition coefficient (Wildman–Crippen LogP) is 4.88. The Bertz CT molecular complexity index is 335. The first-order valence-corrected chi connectivity index (χ1v) is 7.56. The lowest BCUT2D eigenvalue weighted by molar-refractivity contribution is -0.148. The first-order chi connectivity index (χ1) is 8.64. The molecule has 0 bridgehead atoms. The highest BCUT2D eigenvalue weighted by molar-refractivity contribution is 5.83. The van der Waals surface area contributed by atoms with Crippen molar-refractivity contribution in [2.45, 2.75) is 79.2 Å². The zero-order chi connectivity index (χ0) is 14.7. The molecule has 1 aliphatic carbocycles. The van der Waals surface area contributed by atoms with Gasteiger partial charge in [0.1, 0.15) is 5.60 Å². The van der Waals surface area contributed by atoms with Gasteiger partial charge in [-0.25, -0.2) is 4.79 Å². The molecule has 110 valence electrons. The van der Waals surface area contributed by atoms with Gasteiger partial charge in [-0.3, -0.25) is 0 Å². The third kappa shape index (κ3) is 5.38. The number of carbonyl (C=O) groups excluding carboxylic acids is 1. The molecule has 0 aromatic carbocycles. The van der Waals surface area contributed by atoms with Crippen molar-refractivity contribution in [3.05, 3.63) is 11.6 Å². The van der Waals surface area contributed by atoms with Gasteiger partial charge < -0.3 is 4.74 Å². The number of ether oxygens (including phenoxy) is 1. The third-order valence-electron chi connectivity index (χ3n) is 4.37. The van der Waals surface area contributed by atoms with Crippen molar-refractivity contribution in [3.8, 4) is 0 Å². The molecule has 1 aliphatic rings. The van der Waals surface area contributed by atoms with Gasteiger partial charge in [0.05, 0.1) is 0 Å². The number of allylic oxidation sites excluding steroid dienone is 1. The van der Waals surface area contributed by atoms with Crippen LogP contribution in [0, 0.1) is 11.3 Å². The van der Waals surface area contributed by atoms with E-state index in [2.05, 4.69) is 20.8 Å². The van der Waals surface area contributed by atoms with E-state index in [1.54, 1.807) is 6.08 Å². The molecule has 0 aromatic heterocycles. The molecule has 19 heavy (non-hydrogen) atoms. The molecule has 2 nitrogen and oxygen atoms in total. The number of esters is 1. The van der Waals surface area contributed by atoms with Gasteiger partial charge in [0.2, 0.25) is 0 Å². The molecule has 1 rings (SSSR count). The SMILES string of the molecule is CCC(C)(C)C1CCC(=CC(=O)OC(C)(C)C)CC1. The van der Waals surface area contributed by atoms with E-state index in [-0.39, 0.29) is 5.97 Å². The van der Waals surface area contributed by atoms with Crippen LogP contribution in [0.15, 0.2) is 11.6 Å². The molecular weight excluding hydrogens is 236 g/mol. The lowest BCUT2D eigenvalue weighted by Gasteiger charge is -2.37. The minimum Gasteiger partial charge on any atom is -0.457 e. The molecular formula is C17H30O2. The van der Waals surface area contributed by atoms with Gasteiger partial charge in [-0.15, -0.1) is 0 Å². The lowest BCUT2D eigenvalue weighted by Crippen LogP contribution is -2.26. The summed E-state index contributed by atoms with van der Waals surface area (Å²) in [5.41, 5.74) is 1.30. The van der Waals surface area contributed by atoms with Crippen molar-refractivity contribution in [2.75, 3.05) is 0 Å². The molecule has 2 heteroatoms. The Morgan fingerprint density at radius 3 is 2.16 bits per heavy atom. The lowest BCUT2D eigenvalue weighted by atomic mass is 9.69. The maximum Gasteiger partial charge on any atom is 0.331 e. The van der Waals surface area contributed by atoms with Crippen LogP contribution in [0.5, 0.6) is 0 Å². The largest absolute Gasteiger partial charge is 0.457 e. The molecule has 0 heterocycles. The Kier molecular flexibility index (Phi) is 5.23. The van der Waals surface area contributed by atoms with E-state index in [0.29, 0.717) is 5.41 Å². The van der Waals surface area contributed by atoms with Crippen LogP contribution in [0.2, 0.25) is 0 Å². The van der Waals surface area contributed by atoms with Gasteiger partial charge in [-0.2, -0.15) is 0 Å². The maximum atomic E-state index is 11.8. The van der Waals surface area contributed by atoms with Gasteiger partial charge >= 0.3 is 5.97 Å². The fraction of sp³-hybridized carbons (Fsp3) is 0.824. The Hall–Kier alpha value is -0.790. The molecule has 0 radical (unpaired) electrons. The second-order valence-corrected chi connectivity index (χ2v) is 7.45. The van der Waals surface area contributed by atoms with E-state index in [1.807, 2.05) is 20.8 Å². The summed E-state index contributed by atoms with van der Waals surface area (Å²) in [4.78, 5) is 11.8. The molecule has 0 N–H and O–H groups in total. The zero-order valence-electron chi connectivity index (χ0n) is 13.5. The van der Waals surface area contributed by atoms with Crippen molar-refractivity contribution in [1.29, 1.82) is 0 Å². The van der Waals surface area contributed by atoms with E-state index in [4.69, 9.17) is 4.74 Å². The Morgan fingerprint density at radius 1 is 1.21 bits per heavy atom. The van der Waals surface area contributed by atoms with E-state index >= 15 is 0 Å². The zero-order valence-corrected chi connectivity index (χ0v) is 13.5. The molecule has 0 spiro atoms. The monoisotopic (exact) mass is 266 g/mol. The summed E-state index contributed by atoms with van der Waals surface area (Å²) in [7, 11) is 0. The molecule has 1 saturated carbocycles. The average Bonchev–Trinajstić information content (AvgIpc) is 2.27. The second-order valence-electron chi connectivity index (χ2n) is 7.45. The van der Waals surface area contributed by atoms with E-state index in [9.17, 15) is 4.79 Å². The summed E-state index contributed by atoms with van der Waals surface area (Å²) in [5.74, 6) is 0.601. The number of rotatable bonds is 3. The summed E-state index contributed by atoms with van der Waals surface area (Å²) in [6.07, 6.45) is 7.45. The Balaban J connectivity index is 2.52. The van der Waals surface area contributed by atoms with Crippen LogP contribution in [-0.4, -0.2) is 11.6 Å². The highest BCUT2D eigenvalue weighted by Gasteiger charge is 2.30. The fourth-order valence-electron chi connectivity index (χ4n) is 2.70. The summed E-state index contributed by atoms with van der Waals surface area (Å²) in [6.45, 7) is 12.7. The fourth-order valence-corrected chi connectivity index (χ4v) is 2.70. The summed E-state index contributed by atoms with van der Waals surface area (Å²) in [6, 6.07) is 0. The van der Waals surface area contributed by atoms with Gasteiger partial charge in [-0.05, 0) is 57.8 Å². The van der Waals surface area contributed by atoms with Crippen LogP contribution in [0.25, 0.3) is 0 Å². The molecule has 0 aromatic rings. The standard InChI is InChI=1S/C17H30O2/c1-7-17(5,6)14-10-8-13(9-11-14)12-15(18)19-16(2,3)4/h12,14H,7-11H2,1-6H3. The van der Waals surface area contributed by atoms with Crippen molar-refractivity contribution in [3.63, 3.8) is 0 Å². The normalized spacial score (nSPS) is 21.2. The Labute approximate surface area is 118 Å². The van der Waals surface area contributed by atoms with Crippen molar-refractivity contribution in [2.24, 2.45) is 11.3 Å². The Morgan fingerprint density at radius 2 is 1.74 bits per heavy atom. The van der Waals surface area contributed by atoms with E-state index in [1.165, 1.54) is 24.8 Å². The van der Waals surface area contributed by atoms with Gasteiger partial charge in [0.25, 0.3) is 0 Å². The van der Waals surface area contributed by atoms with E-state index in [0.717, 1.165) is 18.8 Å². The van der Waals surface area contributed by atoms with Gasteiger partial charge in [-0.1, -0.05) is 32.8 Å². The quantitative estimate of drug-likeness (QED) is 0.537. The summed E-state index contributed by atoms with van der Waals surface area (Å²) in [5, 5.41) is 0. The molecule has 0 amide bonds. The topological polar surface area (TPSA) is 26.3 Å². The van der Waals surface area contributed by atoms with Crippen LogP contribution in [0.3, 0.4) is 0 Å². The first-order valence-electron chi connectivity index (χ1n) is 7.56. The predicted molar refractivity (Wildman–Crippen MR) is 80.0 cm³/mol. The van der Waals surface area contributed by atoms with E-state index < -0.39 is 5.60 Å². The number of hydrogen-bond donors (Lipinski definition) is 0. The maximum absolute atomic E-state index is 11.8. The molecule has 0 saturated heterocycles. The van der Waals surface area contributed by atoms with Gasteiger partial charge in [0.15, 0.2) is 0 Å². The average molecular weight is 266 g/mol. The number of carbonyl (C=O) groups is 1. The summed E-state index contributed by atoms with van der Waals surface area (Å²) >= 11 is 0. The van der Waals surface area contributed by atoms with Crippen LogP contribution in [0.4, 0.5) is 0 Å². The van der Waals surface area contributed by atoms with Crippen molar-refractivity contribution >= 4 is 5.97 Å².